The van der Waals surface area contributed by atoms with Crippen LogP contribution in [0.4, 0.5) is 0 Å². The minimum absolute atomic E-state index is 0.904. The standard InChI is InChI=1S/C20H46N2O/c1-7-11-13-15-21(5,6)17-19-23-20-18-22(9-3,10-4)16-14-12-8-2/h7-20H2,1-6H3/q+2. The van der Waals surface area contributed by atoms with Crippen LogP contribution in [-0.4, -0.2) is 75.5 Å². The number of likely N-dealkylation sites (N-methyl/N-ethyl adjacent to an activating group) is 2. The fourth-order valence-electron chi connectivity index (χ4n) is 3.24. The van der Waals surface area contributed by atoms with E-state index in [0.717, 1.165) is 24.2 Å². The molecule has 3 nitrogen and oxygen atoms in total. The molecule has 3 heteroatoms. The van der Waals surface area contributed by atoms with Crippen LogP contribution in [0.1, 0.15) is 66.2 Å². The van der Waals surface area contributed by atoms with Crippen LogP contribution in [0.25, 0.3) is 0 Å². The Bertz CT molecular complexity index is 262. The third-order valence-electron chi connectivity index (χ3n) is 5.50. The minimum atomic E-state index is 0.904. The predicted molar refractivity (Wildman–Crippen MR) is 103 cm³/mol. The summed E-state index contributed by atoms with van der Waals surface area (Å²) in [5.41, 5.74) is 0. The summed E-state index contributed by atoms with van der Waals surface area (Å²) < 4.78 is 8.34. The molecule has 0 aliphatic rings. The van der Waals surface area contributed by atoms with Gasteiger partial charge in [-0.05, 0) is 39.5 Å². The molecule has 0 aromatic carbocycles. The van der Waals surface area contributed by atoms with Crippen LogP contribution in [0, 0.1) is 0 Å². The van der Waals surface area contributed by atoms with Gasteiger partial charge in [-0.3, -0.25) is 0 Å². The molecule has 0 saturated heterocycles. The van der Waals surface area contributed by atoms with Gasteiger partial charge >= 0.3 is 0 Å². The smallest absolute Gasteiger partial charge is 0.102 e. The highest BCUT2D eigenvalue weighted by Crippen LogP contribution is 2.10. The van der Waals surface area contributed by atoms with Crippen molar-refractivity contribution in [2.45, 2.75) is 66.2 Å². The fourth-order valence-corrected chi connectivity index (χ4v) is 3.24. The summed E-state index contributed by atoms with van der Waals surface area (Å²) in [6.45, 7) is 18.4. The van der Waals surface area contributed by atoms with E-state index in [0.29, 0.717) is 0 Å². The zero-order valence-corrected chi connectivity index (χ0v) is 17.2. The maximum atomic E-state index is 6.01. The Balaban J connectivity index is 3.96. The number of nitrogens with zero attached hydrogens (tertiary/aromatic N) is 2. The molecule has 0 atom stereocenters. The van der Waals surface area contributed by atoms with Gasteiger partial charge in [0, 0.05) is 0 Å². The molecule has 0 rings (SSSR count). The first kappa shape index (κ1) is 22.9. The largest absolute Gasteiger partial charge is 0.370 e. The molecule has 0 N–H and O–H groups in total. The van der Waals surface area contributed by atoms with Crippen molar-refractivity contribution in [1.29, 1.82) is 0 Å². The monoisotopic (exact) mass is 330 g/mol. The number of hydrogen-bond acceptors (Lipinski definition) is 1. The van der Waals surface area contributed by atoms with Crippen molar-refractivity contribution in [3.63, 3.8) is 0 Å². The molecule has 0 aliphatic heterocycles. The predicted octanol–water partition coefficient (Wildman–Crippen LogP) is 4.32. The van der Waals surface area contributed by atoms with Gasteiger partial charge in [0.25, 0.3) is 0 Å². The Morgan fingerprint density at radius 3 is 1.65 bits per heavy atom. The van der Waals surface area contributed by atoms with Gasteiger partial charge in [-0.15, -0.1) is 0 Å². The maximum absolute atomic E-state index is 6.01. The molecule has 0 heterocycles. The summed E-state index contributed by atoms with van der Waals surface area (Å²) in [5, 5.41) is 0. The van der Waals surface area contributed by atoms with Crippen LogP contribution in [-0.2, 0) is 4.74 Å². The first-order valence-electron chi connectivity index (χ1n) is 10.2. The topological polar surface area (TPSA) is 9.23 Å². The molecule has 0 fully saturated rings. The molecule has 0 spiro atoms. The van der Waals surface area contributed by atoms with Gasteiger partial charge in [-0.25, -0.2) is 0 Å². The van der Waals surface area contributed by atoms with E-state index in [4.69, 9.17) is 4.74 Å². The fraction of sp³-hybridized carbons (Fsp3) is 1.00. The van der Waals surface area contributed by atoms with Gasteiger partial charge in [0.2, 0.25) is 0 Å². The number of hydrogen-bond donors (Lipinski definition) is 0. The molecule has 0 bridgehead atoms. The van der Waals surface area contributed by atoms with Crippen LogP contribution < -0.4 is 0 Å². The van der Waals surface area contributed by atoms with E-state index in [1.54, 1.807) is 0 Å². The molecule has 0 amide bonds. The number of unbranched alkanes of at least 4 members (excludes halogenated alkanes) is 4. The second kappa shape index (κ2) is 13.2. The van der Waals surface area contributed by atoms with Gasteiger partial charge in [-0.2, -0.15) is 0 Å². The molecule has 0 aromatic rings. The normalized spacial score (nSPS) is 12.8. The zero-order valence-electron chi connectivity index (χ0n) is 17.2. The molecular formula is C20H46N2O+2. The lowest BCUT2D eigenvalue weighted by Gasteiger charge is -2.37. The van der Waals surface area contributed by atoms with Crippen LogP contribution >= 0.6 is 0 Å². The van der Waals surface area contributed by atoms with Crippen molar-refractivity contribution in [2.24, 2.45) is 0 Å². The van der Waals surface area contributed by atoms with Gasteiger partial charge in [0.1, 0.15) is 13.1 Å². The Hall–Kier alpha value is -0.120. The Labute approximate surface area is 147 Å². The zero-order chi connectivity index (χ0) is 17.6. The molecular weight excluding hydrogens is 284 g/mol. The average Bonchev–Trinajstić information content (AvgIpc) is 2.53. The Morgan fingerprint density at radius 2 is 1.13 bits per heavy atom. The third-order valence-corrected chi connectivity index (χ3v) is 5.50. The SMILES string of the molecule is CCCCC[N+](C)(C)CCOCC[N+](CC)(CC)CCCCC. The van der Waals surface area contributed by atoms with Gasteiger partial charge in [-0.1, -0.05) is 26.7 Å². The van der Waals surface area contributed by atoms with Gasteiger partial charge < -0.3 is 13.7 Å². The molecule has 23 heavy (non-hydrogen) atoms. The molecule has 0 aliphatic carbocycles. The third kappa shape index (κ3) is 11.1. The maximum Gasteiger partial charge on any atom is 0.102 e. The van der Waals surface area contributed by atoms with E-state index >= 15 is 0 Å². The molecule has 0 aromatic heterocycles. The Morgan fingerprint density at radius 1 is 0.609 bits per heavy atom. The summed E-state index contributed by atoms with van der Waals surface area (Å²) in [6.07, 6.45) is 8.04. The van der Waals surface area contributed by atoms with Crippen LogP contribution in [0.2, 0.25) is 0 Å². The van der Waals surface area contributed by atoms with Crippen molar-refractivity contribution >= 4 is 0 Å². The quantitative estimate of drug-likeness (QED) is 0.302. The van der Waals surface area contributed by atoms with E-state index in [1.807, 2.05) is 0 Å². The molecule has 140 valence electrons. The first-order valence-corrected chi connectivity index (χ1v) is 10.2. The number of quaternary nitrogens is 2. The summed E-state index contributed by atoms with van der Waals surface area (Å²) in [7, 11) is 4.67. The summed E-state index contributed by atoms with van der Waals surface area (Å²) >= 11 is 0. The van der Waals surface area contributed by atoms with Crippen molar-refractivity contribution < 1.29 is 13.7 Å². The van der Waals surface area contributed by atoms with E-state index < -0.39 is 0 Å². The Kier molecular flexibility index (Phi) is 13.1. The highest BCUT2D eigenvalue weighted by Gasteiger charge is 2.22. The van der Waals surface area contributed by atoms with Crippen LogP contribution in [0.3, 0.4) is 0 Å². The average molecular weight is 331 g/mol. The summed E-state index contributed by atoms with van der Waals surface area (Å²) in [4.78, 5) is 0. The van der Waals surface area contributed by atoms with Gasteiger partial charge in [0.05, 0.1) is 53.5 Å². The van der Waals surface area contributed by atoms with Crippen molar-refractivity contribution in [1.82, 2.24) is 0 Å². The number of rotatable bonds is 16. The lowest BCUT2D eigenvalue weighted by atomic mass is 10.2. The minimum Gasteiger partial charge on any atom is -0.370 e. The number of ether oxygens (including phenoxy) is 1. The van der Waals surface area contributed by atoms with Crippen LogP contribution in [0.5, 0.6) is 0 Å². The first-order chi connectivity index (χ1) is 10.9. The second-order valence-corrected chi connectivity index (χ2v) is 7.83. The van der Waals surface area contributed by atoms with Crippen LogP contribution in [0.15, 0.2) is 0 Å². The van der Waals surface area contributed by atoms with Gasteiger partial charge in [0.15, 0.2) is 0 Å². The van der Waals surface area contributed by atoms with E-state index in [1.165, 1.54) is 75.7 Å². The lowest BCUT2D eigenvalue weighted by molar-refractivity contribution is -0.925. The van der Waals surface area contributed by atoms with E-state index in [-0.39, 0.29) is 0 Å². The van der Waals surface area contributed by atoms with E-state index in [2.05, 4.69) is 41.8 Å². The molecule has 0 radical (unpaired) electrons. The summed E-state index contributed by atoms with van der Waals surface area (Å²) in [6, 6.07) is 0. The molecule has 0 saturated carbocycles. The van der Waals surface area contributed by atoms with E-state index in [9.17, 15) is 0 Å². The lowest BCUT2D eigenvalue weighted by Crippen LogP contribution is -2.50. The second-order valence-electron chi connectivity index (χ2n) is 7.83. The highest BCUT2D eigenvalue weighted by molar-refractivity contribution is 4.45. The van der Waals surface area contributed by atoms with Crippen molar-refractivity contribution in [3.05, 3.63) is 0 Å². The van der Waals surface area contributed by atoms with Crippen molar-refractivity contribution in [2.75, 3.05) is 66.6 Å². The van der Waals surface area contributed by atoms with Crippen molar-refractivity contribution in [3.8, 4) is 0 Å². The summed E-state index contributed by atoms with van der Waals surface area (Å²) in [5.74, 6) is 0. The molecule has 0 unspecified atom stereocenters. The highest BCUT2D eigenvalue weighted by atomic mass is 16.5.